The first-order chi connectivity index (χ1) is 13.9. The first-order valence-electron chi connectivity index (χ1n) is 9.71. The minimum absolute atomic E-state index is 0.0494. The number of ether oxygens (including phenoxy) is 1. The topological polar surface area (TPSA) is 58.6 Å². The van der Waals surface area contributed by atoms with E-state index in [9.17, 15) is 14.3 Å². The van der Waals surface area contributed by atoms with Gasteiger partial charge in [-0.05, 0) is 49.8 Å². The molecule has 2 aromatic carbocycles. The Morgan fingerprint density at radius 3 is 2.52 bits per heavy atom. The zero-order valence-corrected chi connectivity index (χ0v) is 17.1. The molecule has 152 valence electrons. The van der Waals surface area contributed by atoms with Crippen molar-refractivity contribution in [3.05, 3.63) is 64.1 Å². The molecule has 1 heterocycles. The lowest BCUT2D eigenvalue weighted by molar-refractivity contribution is -0.116. The van der Waals surface area contributed by atoms with Crippen molar-refractivity contribution in [1.29, 1.82) is 0 Å². The number of nitrogens with one attached hydrogen (secondary N) is 1. The van der Waals surface area contributed by atoms with Gasteiger partial charge in [0.25, 0.3) is 5.91 Å². The fourth-order valence-corrected chi connectivity index (χ4v) is 4.84. The van der Waals surface area contributed by atoms with Crippen LogP contribution in [0.2, 0.25) is 5.02 Å². The molecule has 0 bridgehead atoms. The maximum absolute atomic E-state index is 14.8. The van der Waals surface area contributed by atoms with Gasteiger partial charge in [0.15, 0.2) is 0 Å². The molecule has 0 unspecified atom stereocenters. The molecule has 2 aromatic rings. The molecule has 4 nitrogen and oxygen atoms in total. The van der Waals surface area contributed by atoms with Crippen molar-refractivity contribution in [3.63, 3.8) is 0 Å². The summed E-state index contributed by atoms with van der Waals surface area (Å²) in [4.78, 5) is 12.9. The summed E-state index contributed by atoms with van der Waals surface area (Å²) >= 11 is 6.69. The second-order valence-electron chi connectivity index (χ2n) is 7.78. The standard InChI is InChI=1S/C23H23ClFNO3/c1-13-17(25)12-16(14-6-4-3-5-7-14)20(24)18(13)19-21(27)23(26-22(19)28)10-8-15(29-2)9-11-23/h3-7,12,15,27H,8-11H2,1-2H3,(H,26,28). The van der Waals surface area contributed by atoms with E-state index >= 15 is 0 Å². The highest BCUT2D eigenvalue weighted by molar-refractivity contribution is 6.38. The van der Waals surface area contributed by atoms with Gasteiger partial charge in [-0.1, -0.05) is 41.9 Å². The van der Waals surface area contributed by atoms with Gasteiger partial charge in [-0.2, -0.15) is 0 Å². The van der Waals surface area contributed by atoms with Crippen molar-refractivity contribution in [2.45, 2.75) is 44.2 Å². The Labute approximate surface area is 174 Å². The number of rotatable bonds is 3. The molecule has 29 heavy (non-hydrogen) atoms. The van der Waals surface area contributed by atoms with E-state index in [0.717, 1.165) is 18.4 Å². The monoisotopic (exact) mass is 415 g/mol. The summed E-state index contributed by atoms with van der Waals surface area (Å²) in [6.45, 7) is 1.58. The summed E-state index contributed by atoms with van der Waals surface area (Å²) in [5, 5.41) is 14.3. The average molecular weight is 416 g/mol. The highest BCUT2D eigenvalue weighted by Gasteiger charge is 2.48. The first kappa shape index (κ1) is 19.9. The molecule has 0 radical (unpaired) electrons. The van der Waals surface area contributed by atoms with Gasteiger partial charge < -0.3 is 15.2 Å². The van der Waals surface area contributed by atoms with Crippen LogP contribution in [-0.2, 0) is 9.53 Å². The molecule has 2 N–H and O–H groups in total. The van der Waals surface area contributed by atoms with Gasteiger partial charge in [0.1, 0.15) is 11.6 Å². The normalized spacial score (nSPS) is 24.3. The summed E-state index contributed by atoms with van der Waals surface area (Å²) in [5.41, 5.74) is 0.963. The SMILES string of the molecule is COC1CCC2(CC1)NC(=O)C(c1c(C)c(F)cc(-c3ccccc3)c1Cl)=C2O. The van der Waals surface area contributed by atoms with Crippen LogP contribution in [0.5, 0.6) is 0 Å². The Morgan fingerprint density at radius 1 is 1.24 bits per heavy atom. The molecule has 4 rings (SSSR count). The quantitative estimate of drug-likeness (QED) is 0.726. The van der Waals surface area contributed by atoms with Crippen LogP contribution >= 0.6 is 11.6 Å². The van der Waals surface area contributed by atoms with E-state index in [-0.39, 0.29) is 33.6 Å². The van der Waals surface area contributed by atoms with Crippen molar-refractivity contribution >= 4 is 23.1 Å². The van der Waals surface area contributed by atoms with Gasteiger partial charge >= 0.3 is 0 Å². The third kappa shape index (κ3) is 3.22. The molecule has 1 aliphatic heterocycles. The summed E-state index contributed by atoms with van der Waals surface area (Å²) < 4.78 is 20.2. The van der Waals surface area contributed by atoms with Crippen molar-refractivity contribution < 1.29 is 19.0 Å². The van der Waals surface area contributed by atoms with Crippen LogP contribution in [0, 0.1) is 12.7 Å². The largest absolute Gasteiger partial charge is 0.509 e. The Bertz CT molecular complexity index is 995. The van der Waals surface area contributed by atoms with Gasteiger partial charge in [-0.25, -0.2) is 4.39 Å². The van der Waals surface area contributed by atoms with E-state index in [1.807, 2.05) is 30.3 Å². The van der Waals surface area contributed by atoms with E-state index < -0.39 is 17.3 Å². The lowest BCUT2D eigenvalue weighted by atomic mass is 9.79. The second kappa shape index (κ2) is 7.47. The van der Waals surface area contributed by atoms with Gasteiger partial charge in [0.05, 0.1) is 22.2 Å². The molecule has 1 spiro atoms. The third-order valence-corrected chi connectivity index (χ3v) is 6.58. The fourth-order valence-electron chi connectivity index (χ4n) is 4.44. The van der Waals surface area contributed by atoms with Crippen molar-refractivity contribution in [2.75, 3.05) is 7.11 Å². The van der Waals surface area contributed by atoms with Gasteiger partial charge in [-0.3, -0.25) is 4.79 Å². The number of halogens is 2. The Hall–Kier alpha value is -2.37. The van der Waals surface area contributed by atoms with E-state index in [0.29, 0.717) is 18.4 Å². The van der Waals surface area contributed by atoms with Crippen LogP contribution in [0.1, 0.15) is 36.8 Å². The second-order valence-corrected chi connectivity index (χ2v) is 8.16. The number of methoxy groups -OCH3 is 1. The number of benzene rings is 2. The molecule has 1 fully saturated rings. The summed E-state index contributed by atoms with van der Waals surface area (Å²) in [5.74, 6) is -0.944. The number of amides is 1. The van der Waals surface area contributed by atoms with Crippen LogP contribution in [-0.4, -0.2) is 29.8 Å². The summed E-state index contributed by atoms with van der Waals surface area (Å²) in [6.07, 6.45) is 2.67. The number of aliphatic hydroxyl groups is 1. The maximum Gasteiger partial charge on any atom is 0.256 e. The summed E-state index contributed by atoms with van der Waals surface area (Å²) in [6, 6.07) is 10.6. The van der Waals surface area contributed by atoms with E-state index in [1.165, 1.54) is 6.07 Å². The van der Waals surface area contributed by atoms with E-state index in [4.69, 9.17) is 16.3 Å². The number of carbonyl (C=O) groups excluding carboxylic acids is 1. The fraction of sp³-hybridized carbons (Fsp3) is 0.348. The molecule has 1 aliphatic carbocycles. The highest BCUT2D eigenvalue weighted by Crippen LogP contribution is 2.46. The van der Waals surface area contributed by atoms with Crippen LogP contribution in [0.4, 0.5) is 4.39 Å². The van der Waals surface area contributed by atoms with Crippen LogP contribution in [0.3, 0.4) is 0 Å². The number of hydrogen-bond donors (Lipinski definition) is 2. The van der Waals surface area contributed by atoms with Crippen LogP contribution in [0.15, 0.2) is 42.2 Å². The molecule has 0 aromatic heterocycles. The predicted molar refractivity (Wildman–Crippen MR) is 111 cm³/mol. The summed E-state index contributed by atoms with van der Waals surface area (Å²) in [7, 11) is 1.66. The molecular formula is C23H23ClFNO3. The zero-order chi connectivity index (χ0) is 20.8. The molecule has 1 amide bonds. The Balaban J connectivity index is 1.86. The Kier molecular flexibility index (Phi) is 5.13. The van der Waals surface area contributed by atoms with Crippen molar-refractivity contribution in [3.8, 4) is 11.1 Å². The Morgan fingerprint density at radius 2 is 1.90 bits per heavy atom. The van der Waals surface area contributed by atoms with Crippen LogP contribution < -0.4 is 5.32 Å². The molecule has 6 heteroatoms. The third-order valence-electron chi connectivity index (χ3n) is 6.18. The van der Waals surface area contributed by atoms with Crippen molar-refractivity contribution in [1.82, 2.24) is 5.32 Å². The number of hydrogen-bond acceptors (Lipinski definition) is 3. The van der Waals surface area contributed by atoms with Gasteiger partial charge in [-0.15, -0.1) is 0 Å². The molecular weight excluding hydrogens is 393 g/mol. The minimum atomic E-state index is -0.837. The molecule has 2 aliphatic rings. The van der Waals surface area contributed by atoms with Gasteiger partial charge in [0, 0.05) is 18.2 Å². The van der Waals surface area contributed by atoms with Crippen molar-refractivity contribution in [2.24, 2.45) is 0 Å². The molecule has 0 atom stereocenters. The zero-order valence-electron chi connectivity index (χ0n) is 16.4. The average Bonchev–Trinajstić information content (AvgIpc) is 2.96. The smallest absolute Gasteiger partial charge is 0.256 e. The van der Waals surface area contributed by atoms with E-state index in [1.54, 1.807) is 14.0 Å². The highest BCUT2D eigenvalue weighted by atomic mass is 35.5. The molecule has 1 saturated carbocycles. The minimum Gasteiger partial charge on any atom is -0.509 e. The van der Waals surface area contributed by atoms with Crippen LogP contribution in [0.25, 0.3) is 16.7 Å². The first-order valence-corrected chi connectivity index (χ1v) is 10.1. The maximum atomic E-state index is 14.8. The van der Waals surface area contributed by atoms with E-state index in [2.05, 4.69) is 5.32 Å². The number of carbonyl (C=O) groups is 1. The lowest BCUT2D eigenvalue weighted by Gasteiger charge is -2.36. The predicted octanol–water partition coefficient (Wildman–Crippen LogP) is 5.18. The number of aliphatic hydroxyl groups excluding tert-OH is 1. The van der Waals surface area contributed by atoms with Gasteiger partial charge in [0.2, 0.25) is 0 Å². The lowest BCUT2D eigenvalue weighted by Crippen LogP contribution is -2.48. The molecule has 0 saturated heterocycles.